The summed E-state index contributed by atoms with van der Waals surface area (Å²) < 4.78 is 10.5. The van der Waals surface area contributed by atoms with E-state index in [1.165, 1.54) is 0 Å². The molecule has 16 heavy (non-hydrogen) atoms. The summed E-state index contributed by atoms with van der Waals surface area (Å²) in [5.74, 6) is 2.55. The third-order valence-corrected chi connectivity index (χ3v) is 2.11. The van der Waals surface area contributed by atoms with Crippen molar-refractivity contribution in [3.8, 4) is 0 Å². The molecule has 1 N–H and O–H groups in total. The Labute approximate surface area is 94.3 Å². The summed E-state index contributed by atoms with van der Waals surface area (Å²) in [6, 6.07) is 9.59. The molecule has 4 nitrogen and oxygen atoms in total. The molecule has 0 atom stereocenters. The minimum atomic E-state index is 0.504. The summed E-state index contributed by atoms with van der Waals surface area (Å²) in [5, 5.41) is 3.17. The first-order valence-electron chi connectivity index (χ1n) is 5.10. The smallest absolute Gasteiger partial charge is 0.129 e. The van der Waals surface area contributed by atoms with Gasteiger partial charge in [-0.3, -0.25) is 0 Å². The van der Waals surface area contributed by atoms with Gasteiger partial charge in [-0.1, -0.05) is 6.07 Å². The summed E-state index contributed by atoms with van der Waals surface area (Å²) in [4.78, 5) is 4.16. The van der Waals surface area contributed by atoms with Crippen LogP contribution in [-0.2, 0) is 17.9 Å². The molecule has 0 unspecified atom stereocenters. The summed E-state index contributed by atoms with van der Waals surface area (Å²) in [6.45, 7) is 1.13. The Kier molecular flexibility index (Phi) is 3.56. The topological polar surface area (TPSA) is 47.3 Å². The molecule has 0 fully saturated rings. The molecule has 0 bridgehead atoms. The molecule has 0 amide bonds. The standard InChI is InChI=1S/C12H14N2O2/c1-15-9-11-6-5-10(16-11)8-14-12-4-2-3-7-13-12/h2-7H,8-9H2,1H3,(H,13,14). The number of ether oxygens (including phenoxy) is 1. The van der Waals surface area contributed by atoms with Crippen molar-refractivity contribution in [3.63, 3.8) is 0 Å². The maximum Gasteiger partial charge on any atom is 0.129 e. The zero-order valence-corrected chi connectivity index (χ0v) is 9.14. The highest BCUT2D eigenvalue weighted by atomic mass is 16.5. The van der Waals surface area contributed by atoms with Gasteiger partial charge in [-0.05, 0) is 24.3 Å². The number of nitrogens with one attached hydrogen (secondary N) is 1. The number of rotatable bonds is 5. The van der Waals surface area contributed by atoms with Gasteiger partial charge in [0.2, 0.25) is 0 Å². The fraction of sp³-hybridized carbons (Fsp3) is 0.250. The molecular formula is C12H14N2O2. The van der Waals surface area contributed by atoms with E-state index in [0.29, 0.717) is 13.2 Å². The molecule has 0 radical (unpaired) electrons. The number of furan rings is 1. The van der Waals surface area contributed by atoms with Crippen LogP contribution >= 0.6 is 0 Å². The number of anilines is 1. The van der Waals surface area contributed by atoms with E-state index in [9.17, 15) is 0 Å². The second-order valence-corrected chi connectivity index (χ2v) is 3.37. The van der Waals surface area contributed by atoms with Gasteiger partial charge in [-0.15, -0.1) is 0 Å². The molecule has 4 heteroatoms. The fourth-order valence-electron chi connectivity index (χ4n) is 1.38. The van der Waals surface area contributed by atoms with Crippen molar-refractivity contribution in [2.75, 3.05) is 12.4 Å². The lowest BCUT2D eigenvalue weighted by molar-refractivity contribution is 0.163. The van der Waals surface area contributed by atoms with Crippen LogP contribution in [0.5, 0.6) is 0 Å². The van der Waals surface area contributed by atoms with E-state index >= 15 is 0 Å². The second kappa shape index (κ2) is 5.32. The Balaban J connectivity index is 1.89. The molecule has 0 aromatic carbocycles. The van der Waals surface area contributed by atoms with E-state index < -0.39 is 0 Å². The highest BCUT2D eigenvalue weighted by molar-refractivity contribution is 5.33. The number of methoxy groups -OCH3 is 1. The second-order valence-electron chi connectivity index (χ2n) is 3.37. The third kappa shape index (κ3) is 2.84. The van der Waals surface area contributed by atoms with E-state index in [1.54, 1.807) is 13.3 Å². The number of hydrogen-bond acceptors (Lipinski definition) is 4. The van der Waals surface area contributed by atoms with E-state index in [2.05, 4.69) is 10.3 Å². The van der Waals surface area contributed by atoms with Crippen LogP contribution in [0.25, 0.3) is 0 Å². The maximum absolute atomic E-state index is 5.53. The SMILES string of the molecule is COCc1ccc(CNc2ccccn2)o1. The molecular weight excluding hydrogens is 204 g/mol. The van der Waals surface area contributed by atoms with Crippen molar-refractivity contribution < 1.29 is 9.15 Å². The Hall–Kier alpha value is -1.81. The quantitative estimate of drug-likeness (QED) is 0.837. The van der Waals surface area contributed by atoms with Crippen LogP contribution < -0.4 is 5.32 Å². The first-order valence-corrected chi connectivity index (χ1v) is 5.10. The summed E-state index contributed by atoms with van der Waals surface area (Å²) >= 11 is 0. The molecule has 2 aromatic heterocycles. The van der Waals surface area contributed by atoms with Crippen molar-refractivity contribution in [2.45, 2.75) is 13.2 Å². The third-order valence-electron chi connectivity index (χ3n) is 2.11. The van der Waals surface area contributed by atoms with Gasteiger partial charge in [0, 0.05) is 13.3 Å². The number of nitrogens with zero attached hydrogens (tertiary/aromatic N) is 1. The van der Waals surface area contributed by atoms with Crippen LogP contribution in [0.1, 0.15) is 11.5 Å². The Morgan fingerprint density at radius 3 is 2.88 bits per heavy atom. The normalized spacial score (nSPS) is 10.3. The van der Waals surface area contributed by atoms with Gasteiger partial charge in [0.05, 0.1) is 6.54 Å². The molecule has 0 saturated carbocycles. The molecule has 2 rings (SSSR count). The molecule has 0 saturated heterocycles. The highest BCUT2D eigenvalue weighted by Gasteiger charge is 2.01. The van der Waals surface area contributed by atoms with Crippen molar-refractivity contribution in [1.29, 1.82) is 0 Å². The van der Waals surface area contributed by atoms with E-state index in [4.69, 9.17) is 9.15 Å². The van der Waals surface area contributed by atoms with Crippen LogP contribution in [0, 0.1) is 0 Å². The molecule has 0 aliphatic rings. The van der Waals surface area contributed by atoms with Gasteiger partial charge in [0.15, 0.2) is 0 Å². The minimum Gasteiger partial charge on any atom is -0.462 e. The van der Waals surface area contributed by atoms with Crippen LogP contribution in [0.2, 0.25) is 0 Å². The van der Waals surface area contributed by atoms with Gasteiger partial charge in [0.25, 0.3) is 0 Å². The van der Waals surface area contributed by atoms with E-state index in [1.807, 2.05) is 30.3 Å². The summed E-state index contributed by atoms with van der Waals surface area (Å²) in [6.07, 6.45) is 1.75. The number of pyridine rings is 1. The molecule has 2 aromatic rings. The lowest BCUT2D eigenvalue weighted by Gasteiger charge is -2.02. The average Bonchev–Trinajstić information content (AvgIpc) is 2.76. The van der Waals surface area contributed by atoms with Crippen LogP contribution in [-0.4, -0.2) is 12.1 Å². The van der Waals surface area contributed by atoms with E-state index in [-0.39, 0.29) is 0 Å². The monoisotopic (exact) mass is 218 g/mol. The van der Waals surface area contributed by atoms with Crippen molar-refractivity contribution in [3.05, 3.63) is 48.0 Å². The van der Waals surface area contributed by atoms with Gasteiger partial charge >= 0.3 is 0 Å². The largest absolute Gasteiger partial charge is 0.462 e. The Morgan fingerprint density at radius 2 is 2.12 bits per heavy atom. The lowest BCUT2D eigenvalue weighted by atomic mass is 10.4. The predicted molar refractivity (Wildman–Crippen MR) is 61.0 cm³/mol. The molecule has 84 valence electrons. The predicted octanol–water partition coefficient (Wildman–Crippen LogP) is 2.43. The Morgan fingerprint density at radius 1 is 1.25 bits per heavy atom. The van der Waals surface area contributed by atoms with Gasteiger partial charge < -0.3 is 14.5 Å². The van der Waals surface area contributed by atoms with Crippen LogP contribution in [0.4, 0.5) is 5.82 Å². The molecule has 0 aliphatic carbocycles. The van der Waals surface area contributed by atoms with E-state index in [0.717, 1.165) is 17.3 Å². The lowest BCUT2D eigenvalue weighted by Crippen LogP contribution is -1.99. The molecule has 2 heterocycles. The van der Waals surface area contributed by atoms with Crippen molar-refractivity contribution in [2.24, 2.45) is 0 Å². The van der Waals surface area contributed by atoms with Crippen molar-refractivity contribution in [1.82, 2.24) is 4.98 Å². The number of aromatic nitrogens is 1. The Bertz CT molecular complexity index is 426. The van der Waals surface area contributed by atoms with Crippen LogP contribution in [0.15, 0.2) is 40.9 Å². The summed E-state index contributed by atoms with van der Waals surface area (Å²) in [7, 11) is 1.65. The number of hydrogen-bond donors (Lipinski definition) is 1. The van der Waals surface area contributed by atoms with Crippen LogP contribution in [0.3, 0.4) is 0 Å². The van der Waals surface area contributed by atoms with Gasteiger partial charge in [-0.2, -0.15) is 0 Å². The highest BCUT2D eigenvalue weighted by Crippen LogP contribution is 2.10. The average molecular weight is 218 g/mol. The fourth-order valence-corrected chi connectivity index (χ4v) is 1.38. The first-order chi connectivity index (χ1) is 7.88. The zero-order valence-electron chi connectivity index (χ0n) is 9.14. The first kappa shape index (κ1) is 10.7. The van der Waals surface area contributed by atoms with Crippen molar-refractivity contribution >= 4 is 5.82 Å². The zero-order chi connectivity index (χ0) is 11.2. The molecule has 0 spiro atoms. The summed E-state index contributed by atoms with van der Waals surface area (Å²) in [5.41, 5.74) is 0. The maximum atomic E-state index is 5.53. The van der Waals surface area contributed by atoms with Gasteiger partial charge in [-0.25, -0.2) is 4.98 Å². The minimum absolute atomic E-state index is 0.504. The molecule has 0 aliphatic heterocycles. The van der Waals surface area contributed by atoms with Gasteiger partial charge in [0.1, 0.15) is 23.9 Å².